The molecule has 1 aliphatic heterocycles. The number of benzene rings is 1. The molecule has 0 aliphatic carbocycles. The van der Waals surface area contributed by atoms with Crippen molar-refractivity contribution in [2.75, 3.05) is 11.5 Å². The number of hydrogen-bond donors (Lipinski definition) is 1. The van der Waals surface area contributed by atoms with Crippen LogP contribution in [0.2, 0.25) is 0 Å². The van der Waals surface area contributed by atoms with Crippen molar-refractivity contribution in [2.24, 2.45) is 5.92 Å². The minimum Gasteiger partial charge on any atom is -0.482 e. The summed E-state index contributed by atoms with van der Waals surface area (Å²) in [6.45, 7) is 12.8. The summed E-state index contributed by atoms with van der Waals surface area (Å²) in [6, 6.07) is 6.03. The fourth-order valence-corrected chi connectivity index (χ4v) is 3.67. The summed E-state index contributed by atoms with van der Waals surface area (Å²) in [6.07, 6.45) is 0. The van der Waals surface area contributed by atoms with Gasteiger partial charge in [0, 0.05) is 11.4 Å². The van der Waals surface area contributed by atoms with Crippen LogP contribution in [-0.4, -0.2) is 29.4 Å². The average Bonchev–Trinajstić information content (AvgIpc) is 3.11. The number of aromatic nitrogens is 1. The first-order valence-electron chi connectivity index (χ1n) is 9.89. The summed E-state index contributed by atoms with van der Waals surface area (Å²) in [7, 11) is 0. The van der Waals surface area contributed by atoms with Gasteiger partial charge in [0.25, 0.3) is 11.8 Å². The van der Waals surface area contributed by atoms with Gasteiger partial charge < -0.3 is 10.1 Å². The predicted octanol–water partition coefficient (Wildman–Crippen LogP) is 4.14. The van der Waals surface area contributed by atoms with Crippen LogP contribution in [0.25, 0.3) is 0 Å². The molecule has 0 fully saturated rings. The van der Waals surface area contributed by atoms with E-state index in [4.69, 9.17) is 4.74 Å². The molecule has 1 N–H and O–H groups in total. The van der Waals surface area contributed by atoms with Gasteiger partial charge in [0.2, 0.25) is 0 Å². The number of fused-ring (bicyclic) bond motifs is 1. The molecule has 1 unspecified atom stereocenters. The van der Waals surface area contributed by atoms with E-state index in [9.17, 15) is 9.59 Å². The number of carbonyl (C=O) groups excluding carboxylic acids is 2. The molecule has 1 atom stereocenters. The fourth-order valence-electron chi connectivity index (χ4n) is 2.91. The van der Waals surface area contributed by atoms with Crippen molar-refractivity contribution in [3.05, 3.63) is 39.8 Å². The van der Waals surface area contributed by atoms with Gasteiger partial charge in [-0.3, -0.25) is 14.5 Å². The Morgan fingerprint density at radius 1 is 1.31 bits per heavy atom. The maximum absolute atomic E-state index is 12.6. The van der Waals surface area contributed by atoms with Gasteiger partial charge in [0.05, 0.1) is 12.2 Å². The Balaban J connectivity index is 1.82. The molecule has 7 heteroatoms. The van der Waals surface area contributed by atoms with Crippen molar-refractivity contribution in [3.8, 4) is 5.75 Å². The summed E-state index contributed by atoms with van der Waals surface area (Å²) >= 11 is 1.39. The molecule has 0 spiro atoms. The number of nitrogens with zero attached hydrogens (tertiary/aromatic N) is 2. The fraction of sp³-hybridized carbons (Fsp3) is 0.500. The first kappa shape index (κ1) is 21.3. The molecule has 156 valence electrons. The molecule has 2 heterocycles. The number of hydrogen-bond acceptors (Lipinski definition) is 5. The first-order valence-corrected chi connectivity index (χ1v) is 10.8. The van der Waals surface area contributed by atoms with Gasteiger partial charge in [0.15, 0.2) is 6.61 Å². The highest BCUT2D eigenvalue weighted by molar-refractivity contribution is 7.09. The zero-order valence-electron chi connectivity index (χ0n) is 17.9. The summed E-state index contributed by atoms with van der Waals surface area (Å²) in [5.74, 6) is 0.741. The highest BCUT2D eigenvalue weighted by Crippen LogP contribution is 2.37. The number of anilines is 1. The molecule has 1 aliphatic rings. The maximum atomic E-state index is 12.6. The molecule has 0 radical (unpaired) electrons. The van der Waals surface area contributed by atoms with Gasteiger partial charge >= 0.3 is 0 Å². The molecular formula is C22H29N3O3S. The number of nitrogens with one attached hydrogen (secondary N) is 1. The van der Waals surface area contributed by atoms with E-state index in [0.29, 0.717) is 23.9 Å². The van der Waals surface area contributed by atoms with Gasteiger partial charge in [0.1, 0.15) is 16.5 Å². The monoisotopic (exact) mass is 415 g/mol. The van der Waals surface area contributed by atoms with Crippen LogP contribution in [0.3, 0.4) is 0 Å². The van der Waals surface area contributed by atoms with Gasteiger partial charge in [-0.25, -0.2) is 4.98 Å². The third kappa shape index (κ3) is 4.78. The number of rotatable bonds is 5. The van der Waals surface area contributed by atoms with Gasteiger partial charge in [-0.1, -0.05) is 40.7 Å². The lowest BCUT2D eigenvalue weighted by Gasteiger charge is -2.31. The molecule has 0 saturated heterocycles. The number of thiazole rings is 1. The van der Waals surface area contributed by atoms with Crippen LogP contribution in [0.15, 0.2) is 23.6 Å². The average molecular weight is 416 g/mol. The Kier molecular flexibility index (Phi) is 5.98. The Labute approximate surface area is 176 Å². The third-order valence-electron chi connectivity index (χ3n) is 5.20. The lowest BCUT2D eigenvalue weighted by atomic mass is 9.86. The molecule has 1 aromatic heterocycles. The van der Waals surface area contributed by atoms with E-state index in [2.05, 4.69) is 44.9 Å². The Bertz CT molecular complexity index is 914. The molecule has 2 aromatic rings. The lowest BCUT2D eigenvalue weighted by molar-refractivity contribution is -0.121. The normalized spacial score (nSPS) is 15.1. The van der Waals surface area contributed by atoms with Crippen LogP contribution >= 0.6 is 11.3 Å². The van der Waals surface area contributed by atoms with Gasteiger partial charge in [-0.2, -0.15) is 0 Å². The number of amides is 2. The molecule has 2 amide bonds. The largest absolute Gasteiger partial charge is 0.482 e. The van der Waals surface area contributed by atoms with Crippen molar-refractivity contribution in [3.63, 3.8) is 0 Å². The molecule has 6 nitrogen and oxygen atoms in total. The second-order valence-corrected chi connectivity index (χ2v) is 9.78. The van der Waals surface area contributed by atoms with Crippen LogP contribution < -0.4 is 15.0 Å². The molecule has 29 heavy (non-hydrogen) atoms. The number of carbonyl (C=O) groups is 2. The summed E-state index contributed by atoms with van der Waals surface area (Å²) in [5.41, 5.74) is 2.23. The second-order valence-electron chi connectivity index (χ2n) is 8.83. The van der Waals surface area contributed by atoms with Crippen molar-refractivity contribution in [2.45, 2.75) is 59.5 Å². The van der Waals surface area contributed by atoms with Crippen molar-refractivity contribution >= 4 is 28.8 Å². The van der Waals surface area contributed by atoms with E-state index in [-0.39, 0.29) is 29.9 Å². The van der Waals surface area contributed by atoms with Gasteiger partial charge in [-0.05, 0) is 36.0 Å². The molecule has 1 aromatic carbocycles. The lowest BCUT2D eigenvalue weighted by Crippen LogP contribution is -2.38. The third-order valence-corrected chi connectivity index (χ3v) is 6.04. The zero-order chi connectivity index (χ0) is 21.3. The highest BCUT2D eigenvalue weighted by Gasteiger charge is 2.28. The van der Waals surface area contributed by atoms with Crippen LogP contribution in [-0.2, 0) is 16.8 Å². The molecule has 0 saturated carbocycles. The summed E-state index contributed by atoms with van der Waals surface area (Å²) < 4.78 is 5.61. The Hall–Kier alpha value is -2.41. The minimum absolute atomic E-state index is 0.00643. The van der Waals surface area contributed by atoms with Crippen LogP contribution in [0, 0.1) is 5.92 Å². The SMILES string of the molecule is CC(C)C(C)NC(=O)c1csc(CN2C(=O)COc3ccc(C(C)(C)C)cc32)n1. The minimum atomic E-state index is -0.183. The Morgan fingerprint density at radius 2 is 2.03 bits per heavy atom. The first-order chi connectivity index (χ1) is 13.6. The second kappa shape index (κ2) is 8.14. The van der Waals surface area contributed by atoms with Crippen molar-refractivity contribution in [1.29, 1.82) is 0 Å². The van der Waals surface area contributed by atoms with Crippen molar-refractivity contribution in [1.82, 2.24) is 10.3 Å². The van der Waals surface area contributed by atoms with E-state index in [1.165, 1.54) is 11.3 Å². The number of ether oxygens (including phenoxy) is 1. The van der Waals surface area contributed by atoms with Crippen LogP contribution in [0.5, 0.6) is 5.75 Å². The smallest absolute Gasteiger partial charge is 0.270 e. The van der Waals surface area contributed by atoms with E-state index >= 15 is 0 Å². The summed E-state index contributed by atoms with van der Waals surface area (Å²) in [4.78, 5) is 31.2. The topological polar surface area (TPSA) is 71.5 Å². The van der Waals surface area contributed by atoms with Gasteiger partial charge in [-0.15, -0.1) is 11.3 Å². The molecular weight excluding hydrogens is 386 g/mol. The van der Waals surface area contributed by atoms with Crippen LogP contribution in [0.1, 0.15) is 62.6 Å². The van der Waals surface area contributed by atoms with E-state index in [1.807, 2.05) is 25.1 Å². The van der Waals surface area contributed by atoms with E-state index < -0.39 is 0 Å². The predicted molar refractivity (Wildman–Crippen MR) is 116 cm³/mol. The Morgan fingerprint density at radius 3 is 2.69 bits per heavy atom. The standard InChI is InChI=1S/C22H29N3O3S/c1-13(2)14(3)23-21(27)16-12-29-19(24-16)10-25-17-9-15(22(4,5)6)7-8-18(17)28-11-20(25)26/h7-9,12-14H,10-11H2,1-6H3,(H,23,27). The van der Waals surface area contributed by atoms with E-state index in [1.54, 1.807) is 10.3 Å². The van der Waals surface area contributed by atoms with Crippen LogP contribution in [0.4, 0.5) is 5.69 Å². The molecule has 0 bridgehead atoms. The quantitative estimate of drug-likeness (QED) is 0.797. The van der Waals surface area contributed by atoms with E-state index in [0.717, 1.165) is 16.3 Å². The maximum Gasteiger partial charge on any atom is 0.270 e. The summed E-state index contributed by atoms with van der Waals surface area (Å²) in [5, 5.41) is 5.43. The van der Waals surface area contributed by atoms with Crippen molar-refractivity contribution < 1.29 is 14.3 Å². The zero-order valence-corrected chi connectivity index (χ0v) is 18.7. The highest BCUT2D eigenvalue weighted by atomic mass is 32.1. The molecule has 3 rings (SSSR count).